The van der Waals surface area contributed by atoms with Crippen LogP contribution in [0.2, 0.25) is 0 Å². The van der Waals surface area contributed by atoms with Gasteiger partial charge in [-0.05, 0) is 58.1 Å². The predicted molar refractivity (Wildman–Crippen MR) is 137 cm³/mol. The molecule has 1 rings (SSSR count). The van der Waals surface area contributed by atoms with Crippen molar-refractivity contribution in [1.82, 2.24) is 15.5 Å². The number of carbonyl (C=O) groups is 3. The van der Waals surface area contributed by atoms with Crippen LogP contribution in [-0.4, -0.2) is 47.5 Å². The molecule has 0 saturated carbocycles. The monoisotopic (exact) mass is 475 g/mol. The highest BCUT2D eigenvalue weighted by Gasteiger charge is 2.32. The lowest BCUT2D eigenvalue weighted by atomic mass is 10.00. The summed E-state index contributed by atoms with van der Waals surface area (Å²) in [5.74, 6) is -0.517. The normalized spacial score (nSPS) is 13.0. The second-order valence-electron chi connectivity index (χ2n) is 9.85. The number of carbonyl (C=O) groups excluding carboxylic acids is 3. The number of nitrogens with one attached hydrogen (secondary N) is 2. The van der Waals surface area contributed by atoms with Gasteiger partial charge in [0, 0.05) is 12.6 Å². The summed E-state index contributed by atoms with van der Waals surface area (Å²) >= 11 is 0. The minimum absolute atomic E-state index is 0.00222. The average molecular weight is 476 g/mol. The van der Waals surface area contributed by atoms with Gasteiger partial charge in [-0.3, -0.25) is 9.59 Å². The number of aryl methyl sites for hydroxylation is 1. The summed E-state index contributed by atoms with van der Waals surface area (Å²) in [7, 11) is 0. The van der Waals surface area contributed by atoms with Crippen LogP contribution in [0, 0.1) is 0 Å². The lowest BCUT2D eigenvalue weighted by molar-refractivity contribution is -0.140. The third-order valence-electron chi connectivity index (χ3n) is 5.48. The van der Waals surface area contributed by atoms with Crippen LogP contribution in [0.15, 0.2) is 24.3 Å². The van der Waals surface area contributed by atoms with Crippen molar-refractivity contribution in [3.8, 4) is 0 Å². The first kappa shape index (κ1) is 29.5. The number of hydrogen-bond acceptors (Lipinski definition) is 4. The molecule has 3 amide bonds. The van der Waals surface area contributed by atoms with Crippen LogP contribution in [0.4, 0.5) is 4.79 Å². The fourth-order valence-electron chi connectivity index (χ4n) is 3.73. The first-order chi connectivity index (χ1) is 16.0. The quantitative estimate of drug-likeness (QED) is 0.387. The van der Waals surface area contributed by atoms with Crippen molar-refractivity contribution < 1.29 is 19.1 Å². The SMILES string of the molecule is CCCCCN(C(=O)CNC(=O)OC(C)(C)C)C(C(=O)NC(C)CCC)c1ccc(CC)cc1. The minimum atomic E-state index is -0.769. The number of amides is 3. The Balaban J connectivity index is 3.21. The molecule has 1 aromatic carbocycles. The van der Waals surface area contributed by atoms with Crippen LogP contribution < -0.4 is 10.6 Å². The highest BCUT2D eigenvalue weighted by atomic mass is 16.6. The maximum Gasteiger partial charge on any atom is 0.408 e. The number of unbranched alkanes of at least 4 members (excludes halogenated alkanes) is 2. The second-order valence-corrected chi connectivity index (χ2v) is 9.85. The standard InChI is InChI=1S/C27H45N3O4/c1-8-11-12-18-30(23(31)19-28-26(33)34-27(5,6)7)24(25(32)29-20(4)13-9-2)22-16-14-21(10-3)15-17-22/h14-17,20,24H,8-13,18-19H2,1-7H3,(H,28,33)(H,29,32). The zero-order chi connectivity index (χ0) is 25.7. The minimum Gasteiger partial charge on any atom is -0.444 e. The second kappa shape index (κ2) is 14.6. The maximum absolute atomic E-state index is 13.5. The first-order valence-corrected chi connectivity index (χ1v) is 12.7. The van der Waals surface area contributed by atoms with Crippen molar-refractivity contribution >= 4 is 17.9 Å². The lowest BCUT2D eigenvalue weighted by Gasteiger charge is -2.32. The lowest BCUT2D eigenvalue weighted by Crippen LogP contribution is -2.49. The molecule has 0 bridgehead atoms. The molecule has 2 atom stereocenters. The number of ether oxygens (including phenoxy) is 1. The van der Waals surface area contributed by atoms with E-state index in [1.807, 2.05) is 31.2 Å². The van der Waals surface area contributed by atoms with E-state index in [2.05, 4.69) is 31.4 Å². The van der Waals surface area contributed by atoms with Gasteiger partial charge in [-0.1, -0.05) is 64.3 Å². The molecular formula is C27H45N3O4. The molecule has 0 aromatic heterocycles. The largest absolute Gasteiger partial charge is 0.444 e. The van der Waals surface area contributed by atoms with Crippen molar-refractivity contribution in [2.45, 2.75) is 105 Å². The molecule has 0 fully saturated rings. The number of nitrogens with zero attached hydrogens (tertiary/aromatic N) is 1. The summed E-state index contributed by atoms with van der Waals surface area (Å²) in [5.41, 5.74) is 1.27. The van der Waals surface area contributed by atoms with E-state index in [-0.39, 0.29) is 24.4 Å². The average Bonchev–Trinajstić information content (AvgIpc) is 2.76. The number of benzene rings is 1. The van der Waals surface area contributed by atoms with Crippen molar-refractivity contribution in [3.63, 3.8) is 0 Å². The Morgan fingerprint density at radius 1 is 1.00 bits per heavy atom. The first-order valence-electron chi connectivity index (χ1n) is 12.7. The van der Waals surface area contributed by atoms with Crippen molar-refractivity contribution in [2.75, 3.05) is 13.1 Å². The van der Waals surface area contributed by atoms with E-state index < -0.39 is 17.7 Å². The van der Waals surface area contributed by atoms with Crippen molar-refractivity contribution in [2.24, 2.45) is 0 Å². The molecule has 7 nitrogen and oxygen atoms in total. The van der Waals surface area contributed by atoms with E-state index in [9.17, 15) is 14.4 Å². The fourth-order valence-corrected chi connectivity index (χ4v) is 3.73. The third-order valence-corrected chi connectivity index (χ3v) is 5.48. The molecule has 2 unspecified atom stereocenters. The van der Waals surface area contributed by atoms with Gasteiger partial charge in [0.2, 0.25) is 11.8 Å². The van der Waals surface area contributed by atoms with Gasteiger partial charge in [-0.15, -0.1) is 0 Å². The summed E-state index contributed by atoms with van der Waals surface area (Å²) in [6, 6.07) is 7.08. The number of alkyl carbamates (subject to hydrolysis) is 1. The Kier molecular flexibility index (Phi) is 12.7. The van der Waals surface area contributed by atoms with E-state index in [0.717, 1.165) is 49.7 Å². The molecule has 7 heteroatoms. The molecule has 1 aromatic rings. The Morgan fingerprint density at radius 2 is 1.65 bits per heavy atom. The smallest absolute Gasteiger partial charge is 0.408 e. The van der Waals surface area contributed by atoms with E-state index in [0.29, 0.717) is 6.54 Å². The summed E-state index contributed by atoms with van der Waals surface area (Å²) < 4.78 is 5.26. The topological polar surface area (TPSA) is 87.7 Å². The van der Waals surface area contributed by atoms with Crippen LogP contribution in [0.5, 0.6) is 0 Å². The summed E-state index contributed by atoms with van der Waals surface area (Å²) in [5, 5.41) is 5.64. The molecule has 0 spiro atoms. The highest BCUT2D eigenvalue weighted by Crippen LogP contribution is 2.24. The van der Waals surface area contributed by atoms with Gasteiger partial charge >= 0.3 is 6.09 Å². The van der Waals surface area contributed by atoms with Gasteiger partial charge in [0.15, 0.2) is 0 Å². The van der Waals surface area contributed by atoms with Gasteiger partial charge in [-0.25, -0.2) is 4.79 Å². The van der Waals surface area contributed by atoms with Crippen LogP contribution >= 0.6 is 0 Å². The molecular weight excluding hydrogens is 430 g/mol. The van der Waals surface area contributed by atoms with E-state index >= 15 is 0 Å². The Bertz CT molecular complexity index is 771. The van der Waals surface area contributed by atoms with Gasteiger partial charge in [-0.2, -0.15) is 0 Å². The number of hydrogen-bond donors (Lipinski definition) is 2. The number of rotatable bonds is 13. The molecule has 0 aliphatic rings. The third kappa shape index (κ3) is 10.6. The van der Waals surface area contributed by atoms with Crippen LogP contribution in [-0.2, 0) is 20.7 Å². The molecule has 0 aliphatic carbocycles. The Hall–Kier alpha value is -2.57. The van der Waals surface area contributed by atoms with Gasteiger partial charge in [0.05, 0.1) is 0 Å². The molecule has 34 heavy (non-hydrogen) atoms. The van der Waals surface area contributed by atoms with Crippen molar-refractivity contribution in [1.29, 1.82) is 0 Å². The molecule has 0 saturated heterocycles. The van der Waals surface area contributed by atoms with Crippen molar-refractivity contribution in [3.05, 3.63) is 35.4 Å². The molecule has 0 aliphatic heterocycles. The van der Waals surface area contributed by atoms with Gasteiger partial charge < -0.3 is 20.3 Å². The predicted octanol–water partition coefficient (Wildman–Crippen LogP) is 5.14. The van der Waals surface area contributed by atoms with Gasteiger partial charge in [0.25, 0.3) is 0 Å². The van der Waals surface area contributed by atoms with Crippen LogP contribution in [0.25, 0.3) is 0 Å². The van der Waals surface area contributed by atoms with E-state index in [1.54, 1.807) is 25.7 Å². The molecule has 192 valence electrons. The Morgan fingerprint density at radius 3 is 2.18 bits per heavy atom. The zero-order valence-electron chi connectivity index (χ0n) is 22.2. The fraction of sp³-hybridized carbons (Fsp3) is 0.667. The van der Waals surface area contributed by atoms with Gasteiger partial charge in [0.1, 0.15) is 18.2 Å². The summed E-state index contributed by atoms with van der Waals surface area (Å²) in [6.07, 6.45) is 4.76. The Labute approximate surface area is 206 Å². The summed E-state index contributed by atoms with van der Waals surface area (Å²) in [4.78, 5) is 40.5. The molecule has 0 heterocycles. The van der Waals surface area contributed by atoms with Crippen LogP contribution in [0.3, 0.4) is 0 Å². The highest BCUT2D eigenvalue weighted by molar-refractivity contribution is 5.90. The van der Waals surface area contributed by atoms with E-state index in [1.165, 1.54) is 0 Å². The molecule has 2 N–H and O–H groups in total. The zero-order valence-corrected chi connectivity index (χ0v) is 22.2. The van der Waals surface area contributed by atoms with Crippen LogP contribution in [0.1, 0.15) is 97.7 Å². The summed E-state index contributed by atoms with van der Waals surface area (Å²) in [6.45, 7) is 13.7. The maximum atomic E-state index is 13.5. The molecule has 0 radical (unpaired) electrons. The van der Waals surface area contributed by atoms with E-state index in [4.69, 9.17) is 4.74 Å².